The lowest BCUT2D eigenvalue weighted by molar-refractivity contribution is -0.120. The third-order valence-electron chi connectivity index (χ3n) is 6.46. The fourth-order valence-corrected chi connectivity index (χ4v) is 4.69. The monoisotopic (exact) mass is 489 g/mol. The topological polar surface area (TPSA) is 105 Å². The van der Waals surface area contributed by atoms with Crippen molar-refractivity contribution in [3.63, 3.8) is 0 Å². The number of H-pyrrole nitrogens is 1. The summed E-state index contributed by atoms with van der Waals surface area (Å²) in [6.07, 6.45) is 8.67. The van der Waals surface area contributed by atoms with Crippen LogP contribution in [0.15, 0.2) is 55.0 Å². The first-order chi connectivity index (χ1) is 17.4. The molecular weight excluding hydrogens is 461 g/mol. The zero-order valence-corrected chi connectivity index (χ0v) is 20.2. The number of rotatable bonds is 7. The minimum Gasteiger partial charge on any atom is -0.496 e. The molecule has 4 aromatic rings. The predicted molar refractivity (Wildman–Crippen MR) is 136 cm³/mol. The normalized spacial score (nSPS) is 16.6. The summed E-state index contributed by atoms with van der Waals surface area (Å²) in [5.41, 5.74) is 4.91. The van der Waals surface area contributed by atoms with Crippen molar-refractivity contribution in [1.29, 1.82) is 0 Å². The average molecular weight is 490 g/mol. The summed E-state index contributed by atoms with van der Waals surface area (Å²) in [5.74, 6) is 0.0825. The first-order valence-corrected chi connectivity index (χ1v) is 11.9. The standard InChI is InChI=1S/C27H28FN5O3/c1-16(34)14-33-15-20(13-30-33)31-27(35)18-5-3-17(4-6-18)24-12-23-21(9-10-29-26(23)32-24)22-11-19(28)7-8-25(22)36-2/h3,7-13,15-16,18,34H,4-6,14H2,1-2H3,(H,29,32)(H,31,35)/t16-,18?/m1/s1. The number of halogens is 1. The van der Waals surface area contributed by atoms with E-state index in [-0.39, 0.29) is 17.6 Å². The van der Waals surface area contributed by atoms with Gasteiger partial charge in [0.1, 0.15) is 17.2 Å². The number of anilines is 1. The lowest BCUT2D eigenvalue weighted by atomic mass is 9.87. The van der Waals surface area contributed by atoms with E-state index >= 15 is 0 Å². The number of allylic oxidation sites excluding steroid dienone is 2. The highest BCUT2D eigenvalue weighted by Gasteiger charge is 2.24. The Labute approximate surface area is 207 Å². The molecule has 0 radical (unpaired) electrons. The second kappa shape index (κ2) is 9.94. The number of ether oxygens (including phenoxy) is 1. The van der Waals surface area contributed by atoms with Gasteiger partial charge in [-0.2, -0.15) is 5.10 Å². The Kier molecular flexibility index (Phi) is 6.56. The fraction of sp³-hybridized carbons (Fsp3) is 0.296. The summed E-state index contributed by atoms with van der Waals surface area (Å²) in [4.78, 5) is 20.6. The Morgan fingerprint density at radius 3 is 2.94 bits per heavy atom. The summed E-state index contributed by atoms with van der Waals surface area (Å²) >= 11 is 0. The van der Waals surface area contributed by atoms with Crippen LogP contribution in [-0.2, 0) is 11.3 Å². The van der Waals surface area contributed by atoms with Gasteiger partial charge in [-0.25, -0.2) is 9.37 Å². The predicted octanol–water partition coefficient (Wildman–Crippen LogP) is 4.78. The molecule has 0 aliphatic heterocycles. The molecule has 1 aromatic carbocycles. The Hall–Kier alpha value is -3.98. The van der Waals surface area contributed by atoms with Gasteiger partial charge in [0.25, 0.3) is 0 Å². The number of pyridine rings is 1. The van der Waals surface area contributed by atoms with Gasteiger partial charge in [0.15, 0.2) is 0 Å². The van der Waals surface area contributed by atoms with Crippen LogP contribution in [0.3, 0.4) is 0 Å². The summed E-state index contributed by atoms with van der Waals surface area (Å²) in [6.45, 7) is 2.06. The zero-order chi connectivity index (χ0) is 25.2. The molecule has 0 saturated carbocycles. The fourth-order valence-electron chi connectivity index (χ4n) is 4.69. The number of nitrogens with one attached hydrogen (secondary N) is 2. The Bertz CT molecular complexity index is 1440. The van der Waals surface area contributed by atoms with Crippen molar-refractivity contribution in [2.75, 3.05) is 12.4 Å². The van der Waals surface area contributed by atoms with E-state index in [9.17, 15) is 14.3 Å². The summed E-state index contributed by atoms with van der Waals surface area (Å²) in [7, 11) is 1.57. The van der Waals surface area contributed by atoms with Gasteiger partial charge in [-0.05, 0) is 67.7 Å². The number of carbonyl (C=O) groups is 1. The van der Waals surface area contributed by atoms with Gasteiger partial charge in [-0.3, -0.25) is 9.48 Å². The van der Waals surface area contributed by atoms with Crippen molar-refractivity contribution in [3.05, 3.63) is 66.5 Å². The molecule has 36 heavy (non-hydrogen) atoms. The van der Waals surface area contributed by atoms with E-state index in [1.165, 1.54) is 12.1 Å². The van der Waals surface area contributed by atoms with Crippen LogP contribution in [0.25, 0.3) is 27.7 Å². The van der Waals surface area contributed by atoms with Crippen LogP contribution in [0.1, 0.15) is 31.9 Å². The molecular formula is C27H28FN5O3. The molecule has 5 rings (SSSR count). The van der Waals surface area contributed by atoms with Crippen molar-refractivity contribution in [3.8, 4) is 16.9 Å². The van der Waals surface area contributed by atoms with E-state index < -0.39 is 6.10 Å². The van der Waals surface area contributed by atoms with E-state index in [1.807, 2.05) is 12.1 Å². The van der Waals surface area contributed by atoms with Gasteiger partial charge < -0.3 is 20.1 Å². The van der Waals surface area contributed by atoms with Gasteiger partial charge >= 0.3 is 0 Å². The molecule has 1 aliphatic rings. The van der Waals surface area contributed by atoms with E-state index in [4.69, 9.17) is 4.74 Å². The first kappa shape index (κ1) is 23.7. The molecule has 1 aliphatic carbocycles. The SMILES string of the molecule is COc1ccc(F)cc1-c1ccnc2[nH]c(C3=CCC(C(=O)Nc4cnn(C[C@@H](C)O)c4)CC3)cc12. The molecule has 0 spiro atoms. The number of aromatic amines is 1. The number of carbonyl (C=O) groups excluding carboxylic acids is 1. The van der Waals surface area contributed by atoms with Crippen LogP contribution >= 0.6 is 0 Å². The molecule has 9 heteroatoms. The van der Waals surface area contributed by atoms with Crippen molar-refractivity contribution in [2.45, 2.75) is 38.8 Å². The quantitative estimate of drug-likeness (QED) is 0.347. The number of fused-ring (bicyclic) bond motifs is 1. The number of benzene rings is 1. The van der Waals surface area contributed by atoms with Gasteiger partial charge in [0.2, 0.25) is 5.91 Å². The minimum atomic E-state index is -0.512. The van der Waals surface area contributed by atoms with Gasteiger partial charge in [-0.15, -0.1) is 0 Å². The molecule has 1 unspecified atom stereocenters. The van der Waals surface area contributed by atoms with Crippen molar-refractivity contribution < 1.29 is 19.0 Å². The minimum absolute atomic E-state index is 0.0410. The van der Waals surface area contributed by atoms with E-state index in [1.54, 1.807) is 43.4 Å². The van der Waals surface area contributed by atoms with Crippen LogP contribution in [0, 0.1) is 11.7 Å². The number of aromatic nitrogens is 4. The molecule has 186 valence electrons. The van der Waals surface area contributed by atoms with Crippen molar-refractivity contribution >= 4 is 28.2 Å². The molecule has 3 N–H and O–H groups in total. The van der Waals surface area contributed by atoms with Crippen LogP contribution in [0.5, 0.6) is 5.75 Å². The molecule has 8 nitrogen and oxygen atoms in total. The van der Waals surface area contributed by atoms with Gasteiger partial charge in [0.05, 0.1) is 31.6 Å². The van der Waals surface area contributed by atoms with Crippen LogP contribution in [0.2, 0.25) is 0 Å². The average Bonchev–Trinajstić information content (AvgIpc) is 3.50. The number of hydrogen-bond acceptors (Lipinski definition) is 5. The Balaban J connectivity index is 1.33. The summed E-state index contributed by atoms with van der Waals surface area (Å²) in [6, 6.07) is 8.36. The molecule has 0 bridgehead atoms. The van der Waals surface area contributed by atoms with Crippen LogP contribution in [0.4, 0.5) is 10.1 Å². The second-order valence-electron chi connectivity index (χ2n) is 9.14. The number of aliphatic hydroxyl groups excluding tert-OH is 1. The Morgan fingerprint density at radius 1 is 1.33 bits per heavy atom. The third kappa shape index (κ3) is 4.87. The first-order valence-electron chi connectivity index (χ1n) is 11.9. The molecule has 2 atom stereocenters. The highest BCUT2D eigenvalue weighted by Crippen LogP contribution is 2.37. The maximum atomic E-state index is 14.0. The highest BCUT2D eigenvalue weighted by molar-refractivity contribution is 5.97. The lowest BCUT2D eigenvalue weighted by Gasteiger charge is -2.20. The molecule has 0 saturated heterocycles. The third-order valence-corrected chi connectivity index (χ3v) is 6.46. The largest absolute Gasteiger partial charge is 0.496 e. The van der Waals surface area contributed by atoms with Crippen LogP contribution in [-0.4, -0.2) is 44.0 Å². The van der Waals surface area contributed by atoms with E-state index in [0.29, 0.717) is 42.0 Å². The second-order valence-corrected chi connectivity index (χ2v) is 9.14. The number of nitrogens with zero attached hydrogens (tertiary/aromatic N) is 3. The maximum Gasteiger partial charge on any atom is 0.227 e. The Morgan fingerprint density at radius 2 is 2.19 bits per heavy atom. The number of methoxy groups -OCH3 is 1. The van der Waals surface area contributed by atoms with Crippen LogP contribution < -0.4 is 10.1 Å². The number of hydrogen-bond donors (Lipinski definition) is 3. The maximum absolute atomic E-state index is 14.0. The molecule has 1 amide bonds. The molecule has 0 fully saturated rings. The molecule has 3 aromatic heterocycles. The van der Waals surface area contributed by atoms with Crippen molar-refractivity contribution in [2.24, 2.45) is 5.92 Å². The number of aliphatic hydroxyl groups is 1. The highest BCUT2D eigenvalue weighted by atomic mass is 19.1. The lowest BCUT2D eigenvalue weighted by Crippen LogP contribution is -2.24. The number of amides is 1. The summed E-state index contributed by atoms with van der Waals surface area (Å²) in [5, 5.41) is 17.5. The molecule has 3 heterocycles. The zero-order valence-electron chi connectivity index (χ0n) is 20.2. The summed E-state index contributed by atoms with van der Waals surface area (Å²) < 4.78 is 21.1. The van der Waals surface area contributed by atoms with E-state index in [0.717, 1.165) is 28.6 Å². The van der Waals surface area contributed by atoms with Gasteiger partial charge in [0, 0.05) is 35.0 Å². The smallest absolute Gasteiger partial charge is 0.227 e. The van der Waals surface area contributed by atoms with E-state index in [2.05, 4.69) is 26.5 Å². The van der Waals surface area contributed by atoms with Gasteiger partial charge in [-0.1, -0.05) is 6.08 Å². The van der Waals surface area contributed by atoms with Crippen molar-refractivity contribution in [1.82, 2.24) is 19.7 Å².